The van der Waals surface area contributed by atoms with Crippen LogP contribution in [0, 0.1) is 5.82 Å². The van der Waals surface area contributed by atoms with Gasteiger partial charge >= 0.3 is 0 Å². The molecule has 1 aliphatic heterocycles. The Morgan fingerprint density at radius 1 is 0.780 bits per heavy atom. The topological polar surface area (TPSA) is 120 Å². The molecule has 4 amide bonds. The van der Waals surface area contributed by atoms with Crippen molar-refractivity contribution >= 4 is 58.7 Å². The normalized spacial score (nSPS) is 13.3. The lowest BCUT2D eigenvalue weighted by molar-refractivity contribution is -0.119. The highest BCUT2D eigenvalue weighted by atomic mass is 32.2. The molecule has 0 saturated carbocycles. The van der Waals surface area contributed by atoms with Crippen molar-refractivity contribution in [3.05, 3.63) is 168 Å². The van der Waals surface area contributed by atoms with Crippen LogP contribution >= 0.6 is 11.8 Å². The van der Waals surface area contributed by atoms with Gasteiger partial charge in [0.2, 0.25) is 5.91 Å². The van der Waals surface area contributed by atoms with Crippen LogP contribution in [0.1, 0.15) is 33.2 Å². The third-order valence-corrected chi connectivity index (χ3v) is 8.71. The number of nitrogens with one attached hydrogen (secondary N) is 3. The average Bonchev–Trinajstić information content (AvgIpc) is 3.51. The van der Waals surface area contributed by atoms with Gasteiger partial charge in [0.1, 0.15) is 22.6 Å². The van der Waals surface area contributed by atoms with Gasteiger partial charge < -0.3 is 16.0 Å². The van der Waals surface area contributed by atoms with Crippen molar-refractivity contribution in [3.8, 4) is 0 Å². The molecule has 0 spiro atoms. The fraction of sp³-hybridized carbons (Fsp3) is 0.0513. The van der Waals surface area contributed by atoms with Crippen molar-refractivity contribution in [1.29, 1.82) is 0 Å². The first-order valence-electron chi connectivity index (χ1n) is 15.6. The summed E-state index contributed by atoms with van der Waals surface area (Å²) >= 11 is 1.24. The molecule has 248 valence electrons. The van der Waals surface area contributed by atoms with Crippen LogP contribution in [0.25, 0.3) is 6.08 Å². The molecule has 1 atom stereocenters. The van der Waals surface area contributed by atoms with Gasteiger partial charge in [-0.1, -0.05) is 91.0 Å². The summed E-state index contributed by atoms with van der Waals surface area (Å²) in [6.45, 7) is 0. The van der Waals surface area contributed by atoms with E-state index in [1.54, 1.807) is 84.9 Å². The van der Waals surface area contributed by atoms with Crippen molar-refractivity contribution < 1.29 is 23.6 Å². The molecule has 6 rings (SSSR count). The number of benzene rings is 5. The summed E-state index contributed by atoms with van der Waals surface area (Å²) in [7, 11) is 0. The molecule has 3 N–H and O–H groups in total. The number of amidine groups is 1. The minimum Gasteiger partial charge on any atom is -0.321 e. The molecule has 0 bridgehead atoms. The van der Waals surface area contributed by atoms with E-state index in [0.717, 1.165) is 0 Å². The molecule has 0 aliphatic carbocycles. The van der Waals surface area contributed by atoms with E-state index in [9.17, 15) is 23.6 Å². The molecule has 9 nitrogen and oxygen atoms in total. The standard InChI is InChI=1S/C39H30FN5O4S/c40-32-22-11-10-17-28(32)23-33(42-37(47)27-15-6-2-7-16-27)38(48)41-29-18-12-21-31(24-29)50-36(26-13-4-1-5-14-26)39(49)43-34-25-35(46)45(44-34)30-19-8-3-9-20-30/h1-24,36H,25H2,(H,41,48)(H,42,47)(H,43,44,49)/b33-23-. The van der Waals surface area contributed by atoms with Gasteiger partial charge in [-0.25, -0.2) is 4.39 Å². The predicted molar refractivity (Wildman–Crippen MR) is 193 cm³/mol. The lowest BCUT2D eigenvalue weighted by atomic mass is 10.1. The Hall–Kier alpha value is -6.33. The molecule has 1 heterocycles. The maximum Gasteiger partial charge on any atom is 0.272 e. The summed E-state index contributed by atoms with van der Waals surface area (Å²) in [5.74, 6) is -2.18. The monoisotopic (exact) mass is 683 g/mol. The number of thioether (sulfide) groups is 1. The molecule has 5 aromatic carbocycles. The largest absolute Gasteiger partial charge is 0.321 e. The van der Waals surface area contributed by atoms with Crippen LogP contribution in [0.4, 0.5) is 15.8 Å². The Morgan fingerprint density at radius 3 is 2.16 bits per heavy atom. The van der Waals surface area contributed by atoms with Crippen LogP contribution in [-0.4, -0.2) is 29.5 Å². The molecule has 0 radical (unpaired) electrons. The number of hydrazone groups is 1. The van der Waals surface area contributed by atoms with Gasteiger partial charge in [-0.2, -0.15) is 10.1 Å². The molecule has 1 aliphatic rings. The Kier molecular flexibility index (Phi) is 10.5. The lowest BCUT2D eigenvalue weighted by Gasteiger charge is -2.17. The minimum absolute atomic E-state index is 0.0577. The number of carbonyl (C=O) groups is 4. The van der Waals surface area contributed by atoms with Gasteiger partial charge in [0.15, 0.2) is 0 Å². The van der Waals surface area contributed by atoms with Gasteiger partial charge in [0.25, 0.3) is 17.7 Å². The number of nitrogens with zero attached hydrogens (tertiary/aromatic N) is 2. The van der Waals surface area contributed by atoms with Crippen molar-refractivity contribution in [2.75, 3.05) is 10.3 Å². The van der Waals surface area contributed by atoms with Crippen LogP contribution in [0.2, 0.25) is 0 Å². The second-order valence-corrected chi connectivity index (χ2v) is 12.2. The van der Waals surface area contributed by atoms with Gasteiger partial charge in [-0.15, -0.1) is 11.8 Å². The van der Waals surface area contributed by atoms with E-state index in [1.165, 1.54) is 41.0 Å². The summed E-state index contributed by atoms with van der Waals surface area (Å²) in [6.07, 6.45) is 1.22. The number of para-hydroxylation sites is 1. The first kappa shape index (κ1) is 33.6. The number of anilines is 2. The zero-order valence-corrected chi connectivity index (χ0v) is 27.3. The van der Waals surface area contributed by atoms with Gasteiger partial charge in [-0.3, -0.25) is 19.2 Å². The molecule has 50 heavy (non-hydrogen) atoms. The summed E-state index contributed by atoms with van der Waals surface area (Å²) in [4.78, 5) is 53.7. The summed E-state index contributed by atoms with van der Waals surface area (Å²) < 4.78 is 14.6. The molecule has 0 aromatic heterocycles. The zero-order chi connectivity index (χ0) is 34.9. The average molecular weight is 684 g/mol. The maximum absolute atomic E-state index is 14.6. The van der Waals surface area contributed by atoms with E-state index < -0.39 is 22.9 Å². The Labute approximate surface area is 291 Å². The highest BCUT2D eigenvalue weighted by molar-refractivity contribution is 8.00. The summed E-state index contributed by atoms with van der Waals surface area (Å²) in [6, 6.07) is 39.3. The zero-order valence-electron chi connectivity index (χ0n) is 26.5. The smallest absolute Gasteiger partial charge is 0.272 e. The Morgan fingerprint density at radius 2 is 1.44 bits per heavy atom. The molecule has 0 saturated heterocycles. The second-order valence-electron chi connectivity index (χ2n) is 11.0. The first-order valence-corrected chi connectivity index (χ1v) is 16.4. The fourth-order valence-corrected chi connectivity index (χ4v) is 6.13. The van der Waals surface area contributed by atoms with E-state index in [2.05, 4.69) is 21.1 Å². The van der Waals surface area contributed by atoms with E-state index in [0.29, 0.717) is 27.4 Å². The van der Waals surface area contributed by atoms with Gasteiger partial charge in [0.05, 0.1) is 12.1 Å². The van der Waals surface area contributed by atoms with Crippen LogP contribution in [-0.2, 0) is 14.4 Å². The Balaban J connectivity index is 1.21. The van der Waals surface area contributed by atoms with Crippen molar-refractivity contribution in [2.24, 2.45) is 5.10 Å². The molecular weight excluding hydrogens is 654 g/mol. The number of halogens is 1. The number of rotatable bonds is 10. The number of hydrogen-bond acceptors (Lipinski definition) is 6. The second kappa shape index (κ2) is 15.7. The van der Waals surface area contributed by atoms with Crippen LogP contribution in [0.3, 0.4) is 0 Å². The number of hydrogen-bond donors (Lipinski definition) is 3. The minimum atomic E-state index is -0.743. The highest BCUT2D eigenvalue weighted by Crippen LogP contribution is 2.37. The van der Waals surface area contributed by atoms with Crippen molar-refractivity contribution in [1.82, 2.24) is 10.6 Å². The predicted octanol–water partition coefficient (Wildman–Crippen LogP) is 6.94. The van der Waals surface area contributed by atoms with Crippen molar-refractivity contribution in [3.63, 3.8) is 0 Å². The third kappa shape index (κ3) is 8.38. The third-order valence-electron chi connectivity index (χ3n) is 7.46. The Bertz CT molecular complexity index is 2090. The molecule has 11 heteroatoms. The van der Waals surface area contributed by atoms with E-state index in [1.807, 2.05) is 36.4 Å². The number of carbonyl (C=O) groups excluding carboxylic acids is 4. The molecule has 1 unspecified atom stereocenters. The first-order chi connectivity index (χ1) is 24.3. The van der Waals surface area contributed by atoms with Gasteiger partial charge in [-0.05, 0) is 60.2 Å². The molecule has 0 fully saturated rings. The van der Waals surface area contributed by atoms with Crippen LogP contribution < -0.4 is 21.0 Å². The highest BCUT2D eigenvalue weighted by Gasteiger charge is 2.29. The van der Waals surface area contributed by atoms with Crippen molar-refractivity contribution in [2.45, 2.75) is 16.6 Å². The number of amides is 4. The van der Waals surface area contributed by atoms with Crippen LogP contribution in [0.15, 0.2) is 155 Å². The van der Waals surface area contributed by atoms with E-state index in [4.69, 9.17) is 0 Å². The van der Waals surface area contributed by atoms with Gasteiger partial charge in [0, 0.05) is 21.7 Å². The SMILES string of the molecule is O=C(Nc1cccc(SC(C(=O)NC2=NN(c3ccccc3)C(=O)C2)c2ccccc2)c1)/C(=C/c1ccccc1F)NC(=O)c1ccccc1. The van der Waals surface area contributed by atoms with E-state index >= 15 is 0 Å². The quantitative estimate of drug-likeness (QED) is 0.109. The maximum atomic E-state index is 14.6. The van der Waals surface area contributed by atoms with E-state index in [-0.39, 0.29) is 35.3 Å². The molecule has 5 aromatic rings. The summed E-state index contributed by atoms with van der Waals surface area (Å²) in [5.41, 5.74) is 1.97. The summed E-state index contributed by atoms with van der Waals surface area (Å²) in [5, 5.41) is 13.1. The fourth-order valence-electron chi connectivity index (χ4n) is 5.05. The van der Waals surface area contributed by atoms with Crippen LogP contribution in [0.5, 0.6) is 0 Å². The lowest BCUT2D eigenvalue weighted by Crippen LogP contribution is -2.33. The molecular formula is C39H30FN5O4S.